The van der Waals surface area contributed by atoms with Crippen LogP contribution in [-0.2, 0) is 19.1 Å². The van der Waals surface area contributed by atoms with Gasteiger partial charge >= 0.3 is 11.9 Å². The van der Waals surface area contributed by atoms with Crippen molar-refractivity contribution in [2.75, 3.05) is 25.7 Å². The van der Waals surface area contributed by atoms with Crippen LogP contribution in [0.5, 0.6) is 11.5 Å². The molecular weight excluding hydrogens is 522 g/mol. The lowest BCUT2D eigenvalue weighted by atomic mass is 9.95. The first-order chi connectivity index (χ1) is 18.7. The number of amides is 1. The van der Waals surface area contributed by atoms with Gasteiger partial charge in [0.05, 0.1) is 42.8 Å². The molecule has 1 atom stereocenters. The number of carbonyl (C=O) groups excluding carboxylic acids is 3. The summed E-state index contributed by atoms with van der Waals surface area (Å²) in [5, 5.41) is 0. The molecule has 2 aliphatic heterocycles. The van der Waals surface area contributed by atoms with Crippen molar-refractivity contribution in [3.63, 3.8) is 0 Å². The lowest BCUT2D eigenvalue weighted by Crippen LogP contribution is -2.40. The Balaban J connectivity index is 1.81. The van der Waals surface area contributed by atoms with Crippen molar-refractivity contribution in [3.05, 3.63) is 84.5 Å². The summed E-state index contributed by atoms with van der Waals surface area (Å²) < 4.78 is 17.4. The average Bonchev–Trinajstić information content (AvgIpc) is 3.39. The molecule has 0 saturated heterocycles. The molecule has 0 spiro atoms. The Labute approximate surface area is 227 Å². The number of methoxy groups -OCH3 is 2. The fourth-order valence-corrected chi connectivity index (χ4v) is 6.10. The zero-order valence-electron chi connectivity index (χ0n) is 21.9. The quantitative estimate of drug-likeness (QED) is 0.355. The molecule has 0 fully saturated rings. The molecule has 200 valence electrons. The molecule has 2 aromatic carbocycles. The second kappa shape index (κ2) is 9.99. The number of hydrogen-bond acceptors (Lipinski definition) is 9. The van der Waals surface area contributed by atoms with E-state index in [-0.39, 0.29) is 27.5 Å². The zero-order valence-corrected chi connectivity index (χ0v) is 22.8. The minimum absolute atomic E-state index is 0.164. The van der Waals surface area contributed by atoms with Crippen LogP contribution in [0.25, 0.3) is 5.57 Å². The molecule has 10 nitrogen and oxygen atoms in total. The molecule has 1 aromatic heterocycles. The molecule has 0 unspecified atom stereocenters. The van der Waals surface area contributed by atoms with Gasteiger partial charge in [-0.15, -0.1) is 0 Å². The number of fused-ring (bicyclic) bond motifs is 2. The van der Waals surface area contributed by atoms with Crippen molar-refractivity contribution >= 4 is 40.4 Å². The Morgan fingerprint density at radius 1 is 1.08 bits per heavy atom. The fourth-order valence-electron chi connectivity index (χ4n) is 4.97. The normalized spacial score (nSPS) is 17.4. The molecule has 0 radical (unpaired) electrons. The Bertz CT molecular complexity index is 1770. The summed E-state index contributed by atoms with van der Waals surface area (Å²) in [6, 6.07) is 11.2. The number of para-hydroxylation sites is 1. The van der Waals surface area contributed by atoms with Crippen LogP contribution in [0.2, 0.25) is 0 Å². The van der Waals surface area contributed by atoms with Crippen molar-refractivity contribution in [2.45, 2.75) is 26.8 Å². The summed E-state index contributed by atoms with van der Waals surface area (Å²) >= 11 is 1.10. The van der Waals surface area contributed by atoms with E-state index in [9.17, 15) is 19.2 Å². The SMILES string of the molecule is CCN1C(=O)/C(=c2\sc3n(c2=O)[C@@H](c2ccc(OC(C)=O)c(OC)c2)C(C(=O)OC)=C(C)N=3)c2ccccc21. The van der Waals surface area contributed by atoms with Crippen LogP contribution in [0.15, 0.2) is 63.5 Å². The van der Waals surface area contributed by atoms with Gasteiger partial charge in [-0.05, 0) is 37.6 Å². The number of likely N-dealkylation sites (N-methyl/N-ethyl adjacent to an activating group) is 1. The van der Waals surface area contributed by atoms with Gasteiger partial charge in [0.1, 0.15) is 4.53 Å². The minimum atomic E-state index is -0.933. The highest BCUT2D eigenvalue weighted by Crippen LogP contribution is 2.37. The lowest BCUT2D eigenvalue weighted by molar-refractivity contribution is -0.136. The summed E-state index contributed by atoms with van der Waals surface area (Å²) in [5.41, 5.74) is 2.29. The monoisotopic (exact) mass is 547 g/mol. The average molecular weight is 548 g/mol. The highest BCUT2D eigenvalue weighted by molar-refractivity contribution is 7.07. The minimum Gasteiger partial charge on any atom is -0.493 e. The number of ether oxygens (including phenoxy) is 3. The van der Waals surface area contributed by atoms with Crippen LogP contribution in [0.1, 0.15) is 37.9 Å². The smallest absolute Gasteiger partial charge is 0.338 e. The van der Waals surface area contributed by atoms with Crippen LogP contribution in [-0.4, -0.2) is 43.2 Å². The number of allylic oxidation sites excluding steroid dienone is 1. The van der Waals surface area contributed by atoms with E-state index in [0.29, 0.717) is 33.7 Å². The summed E-state index contributed by atoms with van der Waals surface area (Å²) in [7, 11) is 2.68. The third-order valence-corrected chi connectivity index (χ3v) is 7.68. The first-order valence-corrected chi connectivity index (χ1v) is 12.9. The summed E-state index contributed by atoms with van der Waals surface area (Å²) in [4.78, 5) is 58.7. The van der Waals surface area contributed by atoms with E-state index in [1.165, 1.54) is 31.8 Å². The van der Waals surface area contributed by atoms with Gasteiger partial charge in [0.25, 0.3) is 11.5 Å². The third kappa shape index (κ3) is 4.15. The summed E-state index contributed by atoms with van der Waals surface area (Å²) in [6.07, 6.45) is 0. The molecule has 3 heterocycles. The van der Waals surface area contributed by atoms with E-state index in [2.05, 4.69) is 4.99 Å². The molecule has 2 aliphatic rings. The van der Waals surface area contributed by atoms with Crippen LogP contribution in [0, 0.1) is 0 Å². The van der Waals surface area contributed by atoms with E-state index < -0.39 is 23.5 Å². The van der Waals surface area contributed by atoms with E-state index in [1.54, 1.807) is 24.0 Å². The van der Waals surface area contributed by atoms with Crippen LogP contribution in [0.4, 0.5) is 5.69 Å². The van der Waals surface area contributed by atoms with E-state index >= 15 is 0 Å². The number of anilines is 1. The van der Waals surface area contributed by atoms with Gasteiger partial charge in [0.15, 0.2) is 16.3 Å². The number of thiazole rings is 1. The zero-order chi connectivity index (χ0) is 28.0. The topological polar surface area (TPSA) is 117 Å². The van der Waals surface area contributed by atoms with Crippen molar-refractivity contribution in [1.82, 2.24) is 4.57 Å². The first-order valence-electron chi connectivity index (χ1n) is 12.1. The second-order valence-corrected chi connectivity index (χ2v) is 9.82. The molecule has 0 aliphatic carbocycles. The van der Waals surface area contributed by atoms with Gasteiger partial charge in [-0.25, -0.2) is 9.79 Å². The van der Waals surface area contributed by atoms with Gasteiger partial charge < -0.3 is 19.1 Å². The van der Waals surface area contributed by atoms with Gasteiger partial charge in [-0.2, -0.15) is 0 Å². The number of rotatable bonds is 5. The number of nitrogens with zero attached hydrogens (tertiary/aromatic N) is 3. The first kappa shape index (κ1) is 26.1. The number of esters is 2. The molecule has 3 aromatic rings. The number of hydrogen-bond donors (Lipinski definition) is 0. The van der Waals surface area contributed by atoms with Crippen LogP contribution in [0.3, 0.4) is 0 Å². The predicted octanol–water partition coefficient (Wildman–Crippen LogP) is 2.08. The molecule has 1 amide bonds. The highest BCUT2D eigenvalue weighted by Gasteiger charge is 2.37. The van der Waals surface area contributed by atoms with Gasteiger partial charge in [0.2, 0.25) is 0 Å². The second-order valence-electron chi connectivity index (χ2n) is 8.84. The third-order valence-electron chi connectivity index (χ3n) is 6.63. The van der Waals surface area contributed by atoms with E-state index in [0.717, 1.165) is 17.0 Å². The maximum Gasteiger partial charge on any atom is 0.338 e. The summed E-state index contributed by atoms with van der Waals surface area (Å²) in [6.45, 7) is 5.26. The van der Waals surface area contributed by atoms with E-state index in [4.69, 9.17) is 14.2 Å². The number of benzene rings is 2. The Morgan fingerprint density at radius 2 is 1.82 bits per heavy atom. The molecule has 5 rings (SSSR count). The molecule has 0 bridgehead atoms. The van der Waals surface area contributed by atoms with Crippen molar-refractivity contribution in [2.24, 2.45) is 4.99 Å². The molecular formula is C28H25N3O7S. The predicted molar refractivity (Wildman–Crippen MR) is 143 cm³/mol. The standard InChI is InChI=1S/C28H25N3O7S/c1-6-30-18-10-8-7-9-17(18)22(25(30)33)24-26(34)31-23(21(27(35)37-5)14(2)29-28(31)39-24)16-11-12-19(38-15(3)32)20(13-16)36-4/h7-13,23H,6H2,1-5H3/b24-22-/t23-/m0/s1. The molecule has 11 heteroatoms. The molecule has 0 saturated carbocycles. The Morgan fingerprint density at radius 3 is 2.49 bits per heavy atom. The lowest BCUT2D eigenvalue weighted by Gasteiger charge is -2.25. The van der Waals surface area contributed by atoms with Gasteiger partial charge in [0, 0.05) is 19.0 Å². The van der Waals surface area contributed by atoms with Gasteiger partial charge in [-0.1, -0.05) is 35.6 Å². The maximum absolute atomic E-state index is 14.1. The summed E-state index contributed by atoms with van der Waals surface area (Å²) in [5.74, 6) is -1.01. The van der Waals surface area contributed by atoms with Crippen molar-refractivity contribution in [1.29, 1.82) is 0 Å². The highest BCUT2D eigenvalue weighted by atomic mass is 32.1. The molecule has 0 N–H and O–H groups in total. The van der Waals surface area contributed by atoms with Crippen LogP contribution < -0.4 is 29.3 Å². The maximum atomic E-state index is 14.1. The largest absolute Gasteiger partial charge is 0.493 e. The van der Waals surface area contributed by atoms with E-state index in [1.807, 2.05) is 31.2 Å². The Kier molecular flexibility index (Phi) is 6.69. The number of carbonyl (C=O) groups is 3. The molecule has 39 heavy (non-hydrogen) atoms. The Hall–Kier alpha value is -4.51. The van der Waals surface area contributed by atoms with Crippen molar-refractivity contribution in [3.8, 4) is 11.5 Å². The van der Waals surface area contributed by atoms with Crippen LogP contribution >= 0.6 is 11.3 Å². The van der Waals surface area contributed by atoms with Crippen molar-refractivity contribution < 1.29 is 28.6 Å². The number of aromatic nitrogens is 1. The fraction of sp³-hybridized carbons (Fsp3) is 0.250. The van der Waals surface area contributed by atoms with Gasteiger partial charge in [-0.3, -0.25) is 19.0 Å².